The Morgan fingerprint density at radius 2 is 1.95 bits per heavy atom. The second-order valence-electron chi connectivity index (χ2n) is 4.90. The number of hydrogen-bond acceptors (Lipinski definition) is 4. The molecule has 0 atom stereocenters. The first-order valence-electron chi connectivity index (χ1n) is 6.66. The van der Waals surface area contributed by atoms with Gasteiger partial charge in [0.05, 0.1) is 18.1 Å². The molecule has 0 aromatic carbocycles. The van der Waals surface area contributed by atoms with Crippen molar-refractivity contribution in [2.24, 2.45) is 7.05 Å². The van der Waals surface area contributed by atoms with Crippen molar-refractivity contribution in [3.05, 3.63) is 54.2 Å². The summed E-state index contributed by atoms with van der Waals surface area (Å²) in [5.41, 5.74) is 4.38. The van der Waals surface area contributed by atoms with Crippen molar-refractivity contribution in [1.82, 2.24) is 29.4 Å². The number of halogens is 1. The Labute approximate surface area is 131 Å². The monoisotopic (exact) mass is 310 g/mol. The number of aryl methyl sites for hydroxylation is 1. The highest BCUT2D eigenvalue weighted by Crippen LogP contribution is 2.24. The van der Waals surface area contributed by atoms with Gasteiger partial charge in [-0.15, -0.1) is 0 Å². The van der Waals surface area contributed by atoms with Crippen LogP contribution < -0.4 is 0 Å². The number of imidazole rings is 1. The maximum Gasteiger partial charge on any atom is 0.154 e. The largest absolute Gasteiger partial charge is 0.275 e. The number of pyridine rings is 1. The topological polar surface area (TPSA) is 60.9 Å². The predicted octanol–water partition coefficient (Wildman–Crippen LogP) is 2.85. The van der Waals surface area contributed by atoms with E-state index >= 15 is 0 Å². The zero-order valence-corrected chi connectivity index (χ0v) is 12.4. The first kappa shape index (κ1) is 13.0. The van der Waals surface area contributed by atoms with Crippen LogP contribution in [0, 0.1) is 0 Å². The molecule has 0 amide bonds. The Bertz CT molecular complexity index is 971. The Morgan fingerprint density at radius 3 is 2.77 bits per heavy atom. The van der Waals surface area contributed by atoms with Gasteiger partial charge < -0.3 is 0 Å². The van der Waals surface area contributed by atoms with Gasteiger partial charge in [-0.25, -0.2) is 9.50 Å². The molecule has 6 nitrogen and oxygen atoms in total. The van der Waals surface area contributed by atoms with Crippen molar-refractivity contribution in [2.45, 2.75) is 0 Å². The normalized spacial score (nSPS) is 11.2. The Balaban J connectivity index is 1.86. The maximum atomic E-state index is 5.97. The molecule has 7 heteroatoms. The van der Waals surface area contributed by atoms with Gasteiger partial charge in [0.2, 0.25) is 0 Å². The van der Waals surface area contributed by atoms with Gasteiger partial charge in [-0.05, 0) is 29.8 Å². The van der Waals surface area contributed by atoms with Gasteiger partial charge in [-0.1, -0.05) is 11.6 Å². The van der Waals surface area contributed by atoms with Crippen molar-refractivity contribution in [2.75, 3.05) is 0 Å². The predicted molar refractivity (Wildman–Crippen MR) is 83.4 cm³/mol. The fourth-order valence-electron chi connectivity index (χ4n) is 2.35. The zero-order valence-electron chi connectivity index (χ0n) is 11.7. The fraction of sp³-hybridized carbons (Fsp3) is 0.0667. The smallest absolute Gasteiger partial charge is 0.154 e. The van der Waals surface area contributed by atoms with Gasteiger partial charge in [0.1, 0.15) is 10.8 Å². The van der Waals surface area contributed by atoms with E-state index in [0.29, 0.717) is 5.15 Å². The highest BCUT2D eigenvalue weighted by atomic mass is 35.5. The average Bonchev–Trinajstić information content (AvgIpc) is 3.13. The summed E-state index contributed by atoms with van der Waals surface area (Å²) < 4.78 is 3.46. The molecule has 22 heavy (non-hydrogen) atoms. The van der Waals surface area contributed by atoms with E-state index in [-0.39, 0.29) is 0 Å². The van der Waals surface area contributed by atoms with Gasteiger partial charge in [0, 0.05) is 25.0 Å². The first-order chi connectivity index (χ1) is 10.7. The molecular weight excluding hydrogens is 300 g/mol. The number of aromatic nitrogens is 6. The number of fused-ring (bicyclic) bond motifs is 1. The number of nitrogens with zero attached hydrogens (tertiary/aromatic N) is 6. The minimum absolute atomic E-state index is 0.412. The van der Waals surface area contributed by atoms with Crippen LogP contribution >= 0.6 is 11.6 Å². The molecule has 0 aliphatic heterocycles. The van der Waals surface area contributed by atoms with Crippen molar-refractivity contribution in [3.8, 4) is 22.5 Å². The minimum Gasteiger partial charge on any atom is -0.275 e. The number of rotatable bonds is 2. The second-order valence-corrected chi connectivity index (χ2v) is 5.29. The van der Waals surface area contributed by atoms with Gasteiger partial charge >= 0.3 is 0 Å². The van der Waals surface area contributed by atoms with Gasteiger partial charge in [0.25, 0.3) is 0 Å². The van der Waals surface area contributed by atoms with Crippen LogP contribution in [0.5, 0.6) is 0 Å². The molecule has 4 rings (SSSR count). The van der Waals surface area contributed by atoms with E-state index in [1.54, 1.807) is 27.7 Å². The van der Waals surface area contributed by atoms with Crippen LogP contribution in [-0.4, -0.2) is 29.4 Å². The third kappa shape index (κ3) is 2.14. The SMILES string of the molecule is Cn1cc(-c2ccnc(-c3cnc4ccc(Cl)nn34)c2)cn1. The van der Waals surface area contributed by atoms with Gasteiger partial charge in [0.15, 0.2) is 5.65 Å². The second kappa shape index (κ2) is 4.92. The van der Waals surface area contributed by atoms with E-state index in [1.165, 1.54) is 0 Å². The highest BCUT2D eigenvalue weighted by molar-refractivity contribution is 6.29. The van der Waals surface area contributed by atoms with Crippen molar-refractivity contribution >= 4 is 17.2 Å². The van der Waals surface area contributed by atoms with E-state index < -0.39 is 0 Å². The molecule has 0 aliphatic rings. The molecule has 0 fully saturated rings. The molecule has 4 heterocycles. The van der Waals surface area contributed by atoms with E-state index in [4.69, 9.17) is 11.6 Å². The molecule has 0 N–H and O–H groups in total. The van der Waals surface area contributed by atoms with E-state index in [1.807, 2.05) is 37.6 Å². The summed E-state index contributed by atoms with van der Waals surface area (Å²) in [4.78, 5) is 8.75. The minimum atomic E-state index is 0.412. The number of hydrogen-bond donors (Lipinski definition) is 0. The summed E-state index contributed by atoms with van der Waals surface area (Å²) in [6.45, 7) is 0. The Hall–Kier alpha value is -2.73. The van der Waals surface area contributed by atoms with Crippen LogP contribution in [0.25, 0.3) is 28.2 Å². The molecule has 0 saturated heterocycles. The summed E-state index contributed by atoms with van der Waals surface area (Å²) in [7, 11) is 1.89. The van der Waals surface area contributed by atoms with Crippen LogP contribution in [0.15, 0.2) is 49.1 Å². The standard InChI is InChI=1S/C15H11ClN6/c1-21-9-11(7-19-21)10-4-5-17-12(6-10)13-8-18-15-3-2-14(16)20-22(13)15/h2-9H,1H3. The lowest BCUT2D eigenvalue weighted by atomic mass is 10.1. The molecule has 108 valence electrons. The average molecular weight is 311 g/mol. The van der Waals surface area contributed by atoms with Crippen LogP contribution in [0.2, 0.25) is 5.15 Å². The summed E-state index contributed by atoms with van der Waals surface area (Å²) in [6.07, 6.45) is 7.29. The Kier molecular flexibility index (Phi) is 2.90. The lowest BCUT2D eigenvalue weighted by Gasteiger charge is -2.03. The van der Waals surface area contributed by atoms with Crippen molar-refractivity contribution in [1.29, 1.82) is 0 Å². The summed E-state index contributed by atoms with van der Waals surface area (Å²) >= 11 is 5.97. The summed E-state index contributed by atoms with van der Waals surface area (Å²) in [5, 5.41) is 8.89. The van der Waals surface area contributed by atoms with E-state index in [0.717, 1.165) is 28.2 Å². The molecule has 4 aromatic heterocycles. The molecule has 0 unspecified atom stereocenters. The van der Waals surface area contributed by atoms with E-state index in [9.17, 15) is 0 Å². The third-order valence-electron chi connectivity index (χ3n) is 3.39. The Morgan fingerprint density at radius 1 is 1.05 bits per heavy atom. The van der Waals surface area contributed by atoms with Crippen LogP contribution in [-0.2, 0) is 7.05 Å². The summed E-state index contributed by atoms with van der Waals surface area (Å²) in [6, 6.07) is 7.48. The summed E-state index contributed by atoms with van der Waals surface area (Å²) in [5.74, 6) is 0. The third-order valence-corrected chi connectivity index (χ3v) is 3.59. The molecule has 0 aliphatic carbocycles. The van der Waals surface area contributed by atoms with Crippen LogP contribution in [0.1, 0.15) is 0 Å². The van der Waals surface area contributed by atoms with Crippen LogP contribution in [0.4, 0.5) is 0 Å². The fourth-order valence-corrected chi connectivity index (χ4v) is 2.48. The van der Waals surface area contributed by atoms with Gasteiger partial charge in [-0.2, -0.15) is 10.2 Å². The molecule has 0 spiro atoms. The molecule has 0 bridgehead atoms. The van der Waals surface area contributed by atoms with E-state index in [2.05, 4.69) is 20.2 Å². The molecule has 4 aromatic rings. The maximum absolute atomic E-state index is 5.97. The van der Waals surface area contributed by atoms with Crippen LogP contribution in [0.3, 0.4) is 0 Å². The lowest BCUT2D eigenvalue weighted by Crippen LogP contribution is -1.95. The quantitative estimate of drug-likeness (QED) is 0.571. The lowest BCUT2D eigenvalue weighted by molar-refractivity contribution is 0.768. The highest BCUT2D eigenvalue weighted by Gasteiger charge is 2.10. The van der Waals surface area contributed by atoms with Gasteiger partial charge in [-0.3, -0.25) is 9.67 Å². The molecular formula is C15H11ClN6. The molecule has 0 radical (unpaired) electrons. The molecule has 0 saturated carbocycles. The van der Waals surface area contributed by atoms with Crippen molar-refractivity contribution in [3.63, 3.8) is 0 Å². The first-order valence-corrected chi connectivity index (χ1v) is 7.04. The zero-order chi connectivity index (χ0) is 15.1. The van der Waals surface area contributed by atoms with Crippen molar-refractivity contribution < 1.29 is 0 Å².